The van der Waals surface area contributed by atoms with E-state index in [0.29, 0.717) is 23.1 Å². The lowest BCUT2D eigenvalue weighted by Gasteiger charge is -2.37. The van der Waals surface area contributed by atoms with Crippen molar-refractivity contribution in [2.75, 3.05) is 0 Å². The Morgan fingerprint density at radius 3 is 2.68 bits per heavy atom. The summed E-state index contributed by atoms with van der Waals surface area (Å²) < 4.78 is 41.4. The number of alkyl halides is 3. The maximum Gasteiger partial charge on any atom is 0.416 e. The van der Waals surface area contributed by atoms with Gasteiger partial charge in [0.2, 0.25) is 0 Å². The molecule has 0 radical (unpaired) electrons. The maximum atomic E-state index is 13.0. The van der Waals surface area contributed by atoms with E-state index in [1.807, 2.05) is 18.4 Å². The molecule has 0 bridgehead atoms. The molecule has 0 amide bonds. The van der Waals surface area contributed by atoms with Crippen LogP contribution in [0.15, 0.2) is 12.1 Å². The molecule has 1 aromatic carbocycles. The molecule has 0 saturated carbocycles. The molecule has 2 unspecified atom stereocenters. The number of thiazole rings is 1. The zero-order valence-electron chi connectivity index (χ0n) is 12.4. The van der Waals surface area contributed by atoms with Crippen molar-refractivity contribution in [2.24, 2.45) is 5.73 Å². The summed E-state index contributed by atoms with van der Waals surface area (Å²) in [6, 6.07) is 2.32. The number of nitrogens with one attached hydrogen (secondary N) is 1. The van der Waals surface area contributed by atoms with Crippen LogP contribution >= 0.6 is 11.3 Å². The van der Waals surface area contributed by atoms with Crippen molar-refractivity contribution in [1.29, 1.82) is 5.41 Å². The Hall–Kier alpha value is -1.34. The van der Waals surface area contributed by atoms with Gasteiger partial charge in [0.05, 0.1) is 21.8 Å². The van der Waals surface area contributed by atoms with Crippen molar-refractivity contribution >= 4 is 21.6 Å². The van der Waals surface area contributed by atoms with Crippen LogP contribution in [0.25, 0.3) is 10.2 Å². The first-order valence-electron chi connectivity index (χ1n) is 7.24. The van der Waals surface area contributed by atoms with Gasteiger partial charge in [-0.1, -0.05) is 18.3 Å². The molecule has 2 aromatic rings. The number of aryl methyl sites for hydroxylation is 1. The number of aromatic nitrogens is 1. The van der Waals surface area contributed by atoms with Gasteiger partial charge >= 0.3 is 6.18 Å². The van der Waals surface area contributed by atoms with Crippen LogP contribution in [-0.4, -0.2) is 10.1 Å². The smallest absolute Gasteiger partial charge is 0.324 e. The molecule has 0 fully saturated rings. The van der Waals surface area contributed by atoms with Gasteiger partial charge in [-0.2, -0.15) is 13.2 Å². The van der Waals surface area contributed by atoms with Crippen LogP contribution in [0.1, 0.15) is 43.9 Å². The van der Waals surface area contributed by atoms with E-state index < -0.39 is 17.3 Å². The molecule has 2 atom stereocenters. The molecule has 2 heterocycles. The SMILES string of the molecule is CCC(C)(N)C1CCc2cc(C(F)(F)F)cc3sc(=N)n1c23. The van der Waals surface area contributed by atoms with Gasteiger partial charge in [-0.3, -0.25) is 5.41 Å². The zero-order valence-corrected chi connectivity index (χ0v) is 13.2. The van der Waals surface area contributed by atoms with E-state index in [0.717, 1.165) is 29.3 Å². The zero-order chi connectivity index (χ0) is 16.3. The third-order valence-electron chi connectivity index (χ3n) is 4.67. The molecule has 7 heteroatoms. The third kappa shape index (κ3) is 2.27. The molecule has 120 valence electrons. The Labute approximate surface area is 130 Å². The molecule has 0 aliphatic carbocycles. The van der Waals surface area contributed by atoms with Crippen molar-refractivity contribution in [2.45, 2.75) is 50.9 Å². The van der Waals surface area contributed by atoms with Crippen LogP contribution in [0.4, 0.5) is 13.2 Å². The maximum absolute atomic E-state index is 13.0. The van der Waals surface area contributed by atoms with Gasteiger partial charge in [0.1, 0.15) is 0 Å². The molecule has 0 spiro atoms. The van der Waals surface area contributed by atoms with E-state index in [1.54, 1.807) is 0 Å². The molecule has 1 aromatic heterocycles. The second kappa shape index (κ2) is 4.83. The molecule has 3 N–H and O–H groups in total. The monoisotopic (exact) mass is 329 g/mol. The summed E-state index contributed by atoms with van der Waals surface area (Å²) in [4.78, 5) is 0.269. The number of halogens is 3. The number of hydrogen-bond acceptors (Lipinski definition) is 3. The van der Waals surface area contributed by atoms with Crippen LogP contribution in [0.2, 0.25) is 0 Å². The standard InChI is InChI=1S/C15H18F3N3S/c1-3-14(2,20)11-5-4-8-6-9(15(16,17)18)7-10-12(8)21(11)13(19)22-10/h6-7,11,19H,3-5,20H2,1-2H3. The number of nitrogens with zero attached hydrogens (tertiary/aromatic N) is 1. The minimum absolute atomic E-state index is 0.0528. The highest BCUT2D eigenvalue weighted by Gasteiger charge is 2.37. The topological polar surface area (TPSA) is 54.8 Å². The molecule has 0 saturated heterocycles. The Morgan fingerprint density at radius 1 is 1.41 bits per heavy atom. The molecule has 3 nitrogen and oxygen atoms in total. The summed E-state index contributed by atoms with van der Waals surface area (Å²) in [6.45, 7) is 3.94. The van der Waals surface area contributed by atoms with Crippen LogP contribution < -0.4 is 10.5 Å². The molecule has 22 heavy (non-hydrogen) atoms. The quantitative estimate of drug-likeness (QED) is 0.865. The summed E-state index contributed by atoms with van der Waals surface area (Å²) in [5, 5.41) is 8.19. The van der Waals surface area contributed by atoms with Crippen molar-refractivity contribution in [1.82, 2.24) is 4.57 Å². The number of nitrogens with two attached hydrogens (primary N) is 1. The van der Waals surface area contributed by atoms with Crippen molar-refractivity contribution in [3.63, 3.8) is 0 Å². The van der Waals surface area contributed by atoms with Crippen LogP contribution in [0, 0.1) is 5.41 Å². The lowest BCUT2D eigenvalue weighted by molar-refractivity contribution is -0.137. The van der Waals surface area contributed by atoms with Gasteiger partial charge < -0.3 is 10.3 Å². The van der Waals surface area contributed by atoms with Gasteiger partial charge in [0.15, 0.2) is 4.80 Å². The first-order valence-corrected chi connectivity index (χ1v) is 8.05. The lowest BCUT2D eigenvalue weighted by atomic mass is 9.83. The van der Waals surface area contributed by atoms with E-state index in [-0.39, 0.29) is 10.8 Å². The molecular formula is C15H18F3N3S. The number of hydrogen-bond donors (Lipinski definition) is 2. The fraction of sp³-hybridized carbons (Fsp3) is 0.533. The highest BCUT2D eigenvalue weighted by Crippen LogP contribution is 2.40. The van der Waals surface area contributed by atoms with Crippen LogP contribution in [0.5, 0.6) is 0 Å². The summed E-state index contributed by atoms with van der Waals surface area (Å²) in [6.07, 6.45) is -2.38. The molecule has 1 aliphatic heterocycles. The van der Waals surface area contributed by atoms with Crippen molar-refractivity contribution in [3.05, 3.63) is 28.1 Å². The molecule has 3 rings (SSSR count). The minimum atomic E-state index is -4.36. The predicted molar refractivity (Wildman–Crippen MR) is 80.9 cm³/mol. The Balaban J connectivity index is 2.27. The van der Waals surface area contributed by atoms with Gasteiger partial charge in [-0.25, -0.2) is 0 Å². The summed E-state index contributed by atoms with van der Waals surface area (Å²) >= 11 is 1.09. The van der Waals surface area contributed by atoms with Crippen molar-refractivity contribution in [3.8, 4) is 0 Å². The first-order chi connectivity index (χ1) is 10.1. The van der Waals surface area contributed by atoms with Crippen LogP contribution in [0.3, 0.4) is 0 Å². The Morgan fingerprint density at radius 2 is 2.09 bits per heavy atom. The van der Waals surface area contributed by atoms with Crippen molar-refractivity contribution < 1.29 is 13.2 Å². The van der Waals surface area contributed by atoms with E-state index in [1.165, 1.54) is 6.07 Å². The average molecular weight is 329 g/mol. The molecular weight excluding hydrogens is 311 g/mol. The predicted octanol–water partition coefficient (Wildman–Crippen LogP) is 3.82. The Bertz CT molecular complexity index is 786. The average Bonchev–Trinajstić information content (AvgIpc) is 2.76. The number of rotatable bonds is 2. The summed E-state index contributed by atoms with van der Waals surface area (Å²) in [7, 11) is 0. The minimum Gasteiger partial charge on any atom is -0.324 e. The summed E-state index contributed by atoms with van der Waals surface area (Å²) in [5.74, 6) is 0. The second-order valence-corrected chi connectivity index (χ2v) is 7.20. The lowest BCUT2D eigenvalue weighted by Crippen LogP contribution is -2.47. The Kier molecular flexibility index (Phi) is 3.41. The second-order valence-electron chi connectivity index (χ2n) is 6.17. The first kappa shape index (κ1) is 15.6. The van der Waals surface area contributed by atoms with Gasteiger partial charge in [0.25, 0.3) is 0 Å². The highest BCUT2D eigenvalue weighted by molar-refractivity contribution is 7.16. The fourth-order valence-corrected chi connectivity index (χ4v) is 4.24. The molecule has 1 aliphatic rings. The highest BCUT2D eigenvalue weighted by atomic mass is 32.1. The van der Waals surface area contributed by atoms with E-state index in [2.05, 4.69) is 0 Å². The van der Waals surface area contributed by atoms with E-state index in [9.17, 15) is 13.2 Å². The van der Waals surface area contributed by atoms with Gasteiger partial charge in [-0.05, 0) is 43.9 Å². The third-order valence-corrected chi connectivity index (χ3v) is 5.59. The fourth-order valence-electron chi connectivity index (χ4n) is 3.20. The largest absolute Gasteiger partial charge is 0.416 e. The summed E-state index contributed by atoms with van der Waals surface area (Å²) in [5.41, 5.74) is 6.69. The van der Waals surface area contributed by atoms with Gasteiger partial charge in [0, 0.05) is 5.54 Å². The number of benzene rings is 1. The van der Waals surface area contributed by atoms with E-state index in [4.69, 9.17) is 11.1 Å². The van der Waals surface area contributed by atoms with Crippen LogP contribution in [-0.2, 0) is 12.6 Å². The van der Waals surface area contributed by atoms with Gasteiger partial charge in [-0.15, -0.1) is 0 Å². The normalized spacial score (nSPS) is 21.1. The van der Waals surface area contributed by atoms with E-state index >= 15 is 0 Å².